The number of amides is 1. The van der Waals surface area contributed by atoms with Gasteiger partial charge in [0.25, 0.3) is 0 Å². The fraction of sp³-hybridized carbons (Fsp3) is 0.312. The zero-order valence-electron chi connectivity index (χ0n) is 11.7. The SMILES string of the molecule is CN(Cc1cccc(N)c1)C(=O)CCCc1cccs1. The van der Waals surface area contributed by atoms with E-state index in [1.807, 2.05) is 37.4 Å². The van der Waals surface area contributed by atoms with E-state index < -0.39 is 0 Å². The lowest BCUT2D eigenvalue weighted by molar-refractivity contribution is -0.130. The van der Waals surface area contributed by atoms with E-state index in [1.165, 1.54) is 4.88 Å². The topological polar surface area (TPSA) is 46.3 Å². The molecule has 0 saturated heterocycles. The minimum atomic E-state index is 0.184. The van der Waals surface area contributed by atoms with E-state index in [1.54, 1.807) is 16.2 Å². The van der Waals surface area contributed by atoms with Crippen LogP contribution in [0.3, 0.4) is 0 Å². The van der Waals surface area contributed by atoms with E-state index in [0.717, 1.165) is 24.1 Å². The Morgan fingerprint density at radius 3 is 2.85 bits per heavy atom. The molecule has 0 radical (unpaired) electrons. The van der Waals surface area contributed by atoms with Crippen molar-refractivity contribution in [1.82, 2.24) is 4.90 Å². The molecule has 0 unspecified atom stereocenters. The quantitative estimate of drug-likeness (QED) is 0.829. The highest BCUT2D eigenvalue weighted by atomic mass is 32.1. The first-order valence-electron chi connectivity index (χ1n) is 6.76. The predicted octanol–water partition coefficient (Wildman–Crippen LogP) is 3.31. The highest BCUT2D eigenvalue weighted by Gasteiger charge is 2.09. The molecule has 2 aromatic rings. The number of carbonyl (C=O) groups is 1. The van der Waals surface area contributed by atoms with Crippen LogP contribution in [-0.2, 0) is 17.8 Å². The van der Waals surface area contributed by atoms with Gasteiger partial charge in [-0.25, -0.2) is 0 Å². The lowest BCUT2D eigenvalue weighted by atomic mass is 10.1. The molecule has 1 aromatic heterocycles. The van der Waals surface area contributed by atoms with Crippen molar-refractivity contribution in [1.29, 1.82) is 0 Å². The van der Waals surface area contributed by atoms with E-state index >= 15 is 0 Å². The van der Waals surface area contributed by atoms with E-state index in [-0.39, 0.29) is 5.91 Å². The van der Waals surface area contributed by atoms with Crippen LogP contribution in [-0.4, -0.2) is 17.9 Å². The van der Waals surface area contributed by atoms with Crippen LogP contribution in [0.2, 0.25) is 0 Å². The van der Waals surface area contributed by atoms with Gasteiger partial charge >= 0.3 is 0 Å². The average molecular weight is 288 g/mol. The number of nitrogens with zero attached hydrogens (tertiary/aromatic N) is 1. The first kappa shape index (κ1) is 14.6. The summed E-state index contributed by atoms with van der Waals surface area (Å²) in [5, 5.41) is 2.07. The third kappa shape index (κ3) is 4.38. The summed E-state index contributed by atoms with van der Waals surface area (Å²) in [5.41, 5.74) is 7.55. The van der Waals surface area contributed by atoms with Crippen LogP contribution in [0.4, 0.5) is 5.69 Å². The van der Waals surface area contributed by atoms with E-state index in [0.29, 0.717) is 13.0 Å². The fourth-order valence-electron chi connectivity index (χ4n) is 2.11. The zero-order valence-corrected chi connectivity index (χ0v) is 12.5. The molecule has 0 atom stereocenters. The number of hydrogen-bond donors (Lipinski definition) is 1. The van der Waals surface area contributed by atoms with Crippen LogP contribution in [0, 0.1) is 0 Å². The van der Waals surface area contributed by atoms with Gasteiger partial charge in [0.05, 0.1) is 0 Å². The molecule has 0 aliphatic heterocycles. The smallest absolute Gasteiger partial charge is 0.222 e. The van der Waals surface area contributed by atoms with Crippen molar-refractivity contribution in [3.8, 4) is 0 Å². The molecule has 3 nitrogen and oxygen atoms in total. The van der Waals surface area contributed by atoms with Gasteiger partial charge in [0.2, 0.25) is 5.91 Å². The largest absolute Gasteiger partial charge is 0.399 e. The van der Waals surface area contributed by atoms with E-state index in [2.05, 4.69) is 11.4 Å². The summed E-state index contributed by atoms with van der Waals surface area (Å²) in [5.74, 6) is 0.184. The van der Waals surface area contributed by atoms with Gasteiger partial charge in [0.15, 0.2) is 0 Å². The molecule has 0 saturated carbocycles. The van der Waals surface area contributed by atoms with Crippen molar-refractivity contribution in [2.24, 2.45) is 0 Å². The number of carbonyl (C=O) groups excluding carboxylic acids is 1. The number of hydrogen-bond acceptors (Lipinski definition) is 3. The molecule has 1 amide bonds. The molecule has 2 N–H and O–H groups in total. The van der Waals surface area contributed by atoms with Crippen LogP contribution in [0.5, 0.6) is 0 Å². The van der Waals surface area contributed by atoms with E-state index in [4.69, 9.17) is 5.73 Å². The van der Waals surface area contributed by atoms with Gasteiger partial charge in [-0.3, -0.25) is 4.79 Å². The summed E-state index contributed by atoms with van der Waals surface area (Å²) in [6.45, 7) is 0.614. The second-order valence-electron chi connectivity index (χ2n) is 4.93. The summed E-state index contributed by atoms with van der Waals surface area (Å²) in [4.78, 5) is 15.2. The summed E-state index contributed by atoms with van der Waals surface area (Å²) < 4.78 is 0. The zero-order chi connectivity index (χ0) is 14.4. The molecule has 20 heavy (non-hydrogen) atoms. The molecule has 0 bridgehead atoms. The molecule has 0 spiro atoms. The molecule has 0 fully saturated rings. The Morgan fingerprint density at radius 2 is 2.15 bits per heavy atom. The predicted molar refractivity (Wildman–Crippen MR) is 84.6 cm³/mol. The van der Waals surface area contributed by atoms with Gasteiger partial charge in [-0.2, -0.15) is 0 Å². The molecule has 2 rings (SSSR count). The number of nitrogens with two attached hydrogens (primary N) is 1. The number of aryl methyl sites for hydroxylation is 1. The minimum Gasteiger partial charge on any atom is -0.399 e. The van der Waals surface area contributed by atoms with Gasteiger partial charge in [-0.1, -0.05) is 18.2 Å². The Labute approximate surface area is 124 Å². The molecule has 0 aliphatic rings. The van der Waals surface area contributed by atoms with Crippen LogP contribution in [0.25, 0.3) is 0 Å². The van der Waals surface area contributed by atoms with Crippen molar-refractivity contribution in [3.05, 3.63) is 52.2 Å². The Morgan fingerprint density at radius 1 is 1.30 bits per heavy atom. The van der Waals surface area contributed by atoms with Crippen molar-refractivity contribution in [3.63, 3.8) is 0 Å². The molecule has 1 aromatic carbocycles. The summed E-state index contributed by atoms with van der Waals surface area (Å²) >= 11 is 1.75. The molecular weight excluding hydrogens is 268 g/mol. The normalized spacial score (nSPS) is 10.4. The molecule has 0 aliphatic carbocycles. The highest BCUT2D eigenvalue weighted by molar-refractivity contribution is 7.09. The molecule has 4 heteroatoms. The van der Waals surface area contributed by atoms with Gasteiger partial charge in [-0.05, 0) is 42.0 Å². The minimum absolute atomic E-state index is 0.184. The Hall–Kier alpha value is -1.81. The van der Waals surface area contributed by atoms with Crippen molar-refractivity contribution in [2.45, 2.75) is 25.8 Å². The molecular formula is C16H20N2OS. The maximum Gasteiger partial charge on any atom is 0.222 e. The van der Waals surface area contributed by atoms with Crippen LogP contribution in [0.1, 0.15) is 23.3 Å². The second kappa shape index (κ2) is 7.10. The van der Waals surface area contributed by atoms with E-state index in [9.17, 15) is 4.79 Å². The number of nitrogen functional groups attached to an aromatic ring is 1. The molecule has 1 heterocycles. The number of anilines is 1. The maximum atomic E-state index is 12.1. The lowest BCUT2D eigenvalue weighted by Gasteiger charge is -2.17. The Kier molecular flexibility index (Phi) is 5.18. The first-order valence-corrected chi connectivity index (χ1v) is 7.64. The lowest BCUT2D eigenvalue weighted by Crippen LogP contribution is -2.26. The summed E-state index contributed by atoms with van der Waals surface area (Å²) in [6.07, 6.45) is 2.48. The standard InChI is InChI=1S/C16H20N2OS/c1-18(12-13-5-2-6-14(17)11-13)16(19)9-3-7-15-8-4-10-20-15/h2,4-6,8,10-11H,3,7,9,12,17H2,1H3. The van der Waals surface area contributed by atoms with Crippen molar-refractivity contribution in [2.75, 3.05) is 12.8 Å². The highest BCUT2D eigenvalue weighted by Crippen LogP contribution is 2.13. The summed E-state index contributed by atoms with van der Waals surface area (Å²) in [7, 11) is 1.84. The number of benzene rings is 1. The molecule has 106 valence electrons. The average Bonchev–Trinajstić information content (AvgIpc) is 2.91. The van der Waals surface area contributed by atoms with Gasteiger partial charge in [-0.15, -0.1) is 11.3 Å². The second-order valence-corrected chi connectivity index (χ2v) is 5.96. The van der Waals surface area contributed by atoms with Crippen LogP contribution in [0.15, 0.2) is 41.8 Å². The van der Waals surface area contributed by atoms with Gasteiger partial charge in [0, 0.05) is 30.6 Å². The Bertz CT molecular complexity index is 551. The monoisotopic (exact) mass is 288 g/mol. The summed E-state index contributed by atoms with van der Waals surface area (Å²) in [6, 6.07) is 11.8. The third-order valence-corrected chi connectivity index (χ3v) is 4.13. The van der Waals surface area contributed by atoms with Gasteiger partial charge < -0.3 is 10.6 Å². The van der Waals surface area contributed by atoms with Crippen molar-refractivity contribution >= 4 is 22.9 Å². The van der Waals surface area contributed by atoms with Gasteiger partial charge in [0.1, 0.15) is 0 Å². The number of thiophene rings is 1. The third-order valence-electron chi connectivity index (χ3n) is 3.19. The Balaban J connectivity index is 1.77. The first-order chi connectivity index (χ1) is 9.65. The fourth-order valence-corrected chi connectivity index (χ4v) is 2.86. The van der Waals surface area contributed by atoms with Crippen molar-refractivity contribution < 1.29 is 4.79 Å². The number of rotatable bonds is 6. The van der Waals surface area contributed by atoms with Crippen LogP contribution >= 0.6 is 11.3 Å². The maximum absolute atomic E-state index is 12.1. The van der Waals surface area contributed by atoms with Crippen LogP contribution < -0.4 is 5.73 Å².